The Hall–Kier alpha value is -4.01. The smallest absolute Gasteiger partial charge is 0.351 e. The normalized spacial score (nSPS) is 15.4. The highest BCUT2D eigenvalue weighted by molar-refractivity contribution is 8.03. The molecule has 3 rings (SSSR count). The summed E-state index contributed by atoms with van der Waals surface area (Å²) in [5, 5.41) is 28.9. The molecule has 0 amide bonds. The van der Waals surface area contributed by atoms with Gasteiger partial charge in [0.25, 0.3) is 0 Å². The van der Waals surface area contributed by atoms with E-state index >= 15 is 0 Å². The molecule has 1 N–H and O–H groups in total. The number of hydrogen-bond acceptors (Lipinski definition) is 7. The lowest BCUT2D eigenvalue weighted by molar-refractivity contribution is -0.138. The van der Waals surface area contributed by atoms with Gasteiger partial charge in [-0.15, -0.1) is 11.8 Å². The number of nitriles is 2. The van der Waals surface area contributed by atoms with Crippen molar-refractivity contribution in [1.29, 1.82) is 15.9 Å². The standard InChI is InChI=1S/C24H20N4O3S/c1-3-31-24(29)20(14-26)23-28(17-9-11-18(30-2)12-10-17)22(27)19(13-25)21(15-32-23)16-7-5-4-6-8-16/h4-12,27H,3,15H2,1-2H3. The molecule has 0 spiro atoms. The Morgan fingerprint density at radius 3 is 2.41 bits per heavy atom. The molecule has 0 fully saturated rings. The molecule has 0 aliphatic carbocycles. The van der Waals surface area contributed by atoms with Gasteiger partial charge in [0.2, 0.25) is 0 Å². The highest BCUT2D eigenvalue weighted by Gasteiger charge is 2.32. The predicted octanol–water partition coefficient (Wildman–Crippen LogP) is 4.50. The van der Waals surface area contributed by atoms with Crippen molar-refractivity contribution in [2.75, 3.05) is 24.4 Å². The quantitative estimate of drug-likeness (QED) is 0.411. The Morgan fingerprint density at radius 1 is 1.16 bits per heavy atom. The number of carbonyl (C=O) groups excluding carboxylic acids is 1. The van der Waals surface area contributed by atoms with Crippen LogP contribution in [-0.4, -0.2) is 31.3 Å². The van der Waals surface area contributed by atoms with Crippen LogP contribution in [0.15, 0.2) is 70.8 Å². The van der Waals surface area contributed by atoms with Crippen LogP contribution in [0.1, 0.15) is 12.5 Å². The number of rotatable bonds is 5. The molecule has 0 aromatic heterocycles. The summed E-state index contributed by atoms with van der Waals surface area (Å²) in [4.78, 5) is 14.0. The Morgan fingerprint density at radius 2 is 1.84 bits per heavy atom. The fourth-order valence-electron chi connectivity index (χ4n) is 3.17. The van der Waals surface area contributed by atoms with Crippen LogP contribution in [0.5, 0.6) is 5.75 Å². The second-order valence-electron chi connectivity index (χ2n) is 6.51. The second-order valence-corrected chi connectivity index (χ2v) is 7.48. The van der Waals surface area contributed by atoms with E-state index in [1.807, 2.05) is 36.4 Å². The van der Waals surface area contributed by atoms with Crippen LogP contribution in [0.3, 0.4) is 0 Å². The second kappa shape index (κ2) is 10.3. The van der Waals surface area contributed by atoms with Crippen molar-refractivity contribution in [3.05, 3.63) is 76.3 Å². The minimum absolute atomic E-state index is 0.110. The summed E-state index contributed by atoms with van der Waals surface area (Å²) in [5.41, 5.74) is 1.90. The first-order chi connectivity index (χ1) is 15.5. The highest BCUT2D eigenvalue weighted by atomic mass is 32.2. The van der Waals surface area contributed by atoms with Gasteiger partial charge in [-0.3, -0.25) is 10.3 Å². The fourth-order valence-corrected chi connectivity index (χ4v) is 4.36. The maximum Gasteiger partial charge on any atom is 0.351 e. The Balaban J connectivity index is 2.25. The van der Waals surface area contributed by atoms with Crippen molar-refractivity contribution in [3.8, 4) is 17.9 Å². The molecule has 1 heterocycles. The van der Waals surface area contributed by atoms with Gasteiger partial charge in [-0.05, 0) is 42.3 Å². The summed E-state index contributed by atoms with van der Waals surface area (Å²) < 4.78 is 10.3. The van der Waals surface area contributed by atoms with E-state index in [-0.39, 0.29) is 28.6 Å². The van der Waals surface area contributed by atoms with E-state index in [4.69, 9.17) is 14.9 Å². The number of ether oxygens (including phenoxy) is 2. The van der Waals surface area contributed by atoms with Gasteiger partial charge in [0, 0.05) is 11.4 Å². The van der Waals surface area contributed by atoms with Gasteiger partial charge in [-0.1, -0.05) is 30.3 Å². The van der Waals surface area contributed by atoms with Crippen molar-refractivity contribution in [1.82, 2.24) is 0 Å². The Bertz CT molecular complexity index is 1170. The topological polar surface area (TPSA) is 110 Å². The molecule has 1 aliphatic rings. The molecule has 32 heavy (non-hydrogen) atoms. The molecule has 0 saturated carbocycles. The fraction of sp³-hybridized carbons (Fsp3) is 0.167. The molecule has 0 bridgehead atoms. The number of nitrogens with zero attached hydrogens (tertiary/aromatic N) is 3. The molecular weight excluding hydrogens is 424 g/mol. The minimum atomic E-state index is -0.773. The lowest BCUT2D eigenvalue weighted by Gasteiger charge is -2.26. The van der Waals surface area contributed by atoms with Crippen LogP contribution in [-0.2, 0) is 9.53 Å². The van der Waals surface area contributed by atoms with E-state index in [1.54, 1.807) is 38.3 Å². The highest BCUT2D eigenvalue weighted by Crippen LogP contribution is 2.39. The number of esters is 1. The Labute approximate surface area is 190 Å². The third-order valence-electron chi connectivity index (χ3n) is 4.69. The number of hydrogen-bond donors (Lipinski definition) is 1. The third kappa shape index (κ3) is 4.51. The molecular formula is C24H20N4O3S. The average molecular weight is 445 g/mol. The first-order valence-electron chi connectivity index (χ1n) is 9.71. The molecule has 0 atom stereocenters. The zero-order valence-corrected chi connectivity index (χ0v) is 18.4. The van der Waals surface area contributed by atoms with Gasteiger partial charge >= 0.3 is 5.97 Å². The maximum absolute atomic E-state index is 12.6. The molecule has 0 radical (unpaired) electrons. The third-order valence-corrected chi connectivity index (χ3v) is 5.78. The van der Waals surface area contributed by atoms with Crippen molar-refractivity contribution in [2.45, 2.75) is 6.92 Å². The first-order valence-corrected chi connectivity index (χ1v) is 10.7. The minimum Gasteiger partial charge on any atom is -0.497 e. The van der Waals surface area contributed by atoms with E-state index in [2.05, 4.69) is 6.07 Å². The van der Waals surface area contributed by atoms with Gasteiger partial charge in [0.15, 0.2) is 5.57 Å². The average Bonchev–Trinajstić information content (AvgIpc) is 2.96. The van der Waals surface area contributed by atoms with E-state index in [9.17, 15) is 15.3 Å². The van der Waals surface area contributed by atoms with E-state index in [0.717, 1.165) is 5.56 Å². The molecule has 1 aliphatic heterocycles. The number of anilines is 1. The van der Waals surface area contributed by atoms with Crippen LogP contribution in [0.4, 0.5) is 5.69 Å². The number of carbonyl (C=O) groups is 1. The Kier molecular flexibility index (Phi) is 7.33. The first kappa shape index (κ1) is 22.7. The number of methoxy groups -OCH3 is 1. The number of thioether (sulfide) groups is 1. The zero-order chi connectivity index (χ0) is 23.1. The number of benzene rings is 2. The van der Waals surface area contributed by atoms with E-state index in [0.29, 0.717) is 22.8 Å². The van der Waals surface area contributed by atoms with Crippen molar-refractivity contribution < 1.29 is 14.3 Å². The van der Waals surface area contributed by atoms with Gasteiger partial charge in [0.05, 0.1) is 19.3 Å². The summed E-state index contributed by atoms with van der Waals surface area (Å²) in [6.07, 6.45) is 0. The monoisotopic (exact) mass is 444 g/mol. The summed E-state index contributed by atoms with van der Waals surface area (Å²) in [6, 6.07) is 20.2. The molecule has 2 aromatic rings. The van der Waals surface area contributed by atoms with Crippen molar-refractivity contribution in [3.63, 3.8) is 0 Å². The largest absolute Gasteiger partial charge is 0.497 e. The number of amidine groups is 1. The van der Waals surface area contributed by atoms with Crippen LogP contribution in [0.25, 0.3) is 5.57 Å². The molecule has 7 nitrogen and oxygen atoms in total. The molecule has 160 valence electrons. The van der Waals surface area contributed by atoms with Gasteiger partial charge in [-0.2, -0.15) is 10.5 Å². The SMILES string of the molecule is CCOC(=O)C(C#N)=C1SCC(c2ccccc2)=C(C#N)C(=N)N1c1ccc(OC)cc1. The van der Waals surface area contributed by atoms with Gasteiger partial charge in [0.1, 0.15) is 28.8 Å². The number of nitrogens with one attached hydrogen (secondary N) is 1. The predicted molar refractivity (Wildman–Crippen MR) is 124 cm³/mol. The molecule has 0 saturated heterocycles. The lowest BCUT2D eigenvalue weighted by Crippen LogP contribution is -2.31. The summed E-state index contributed by atoms with van der Waals surface area (Å²) in [6.45, 7) is 1.77. The van der Waals surface area contributed by atoms with E-state index in [1.165, 1.54) is 16.7 Å². The van der Waals surface area contributed by atoms with Crippen molar-refractivity contribution in [2.24, 2.45) is 0 Å². The van der Waals surface area contributed by atoms with Crippen LogP contribution in [0, 0.1) is 28.1 Å². The van der Waals surface area contributed by atoms with Crippen LogP contribution < -0.4 is 9.64 Å². The molecule has 2 aromatic carbocycles. The maximum atomic E-state index is 12.6. The summed E-state index contributed by atoms with van der Waals surface area (Å²) >= 11 is 1.21. The zero-order valence-electron chi connectivity index (χ0n) is 17.6. The van der Waals surface area contributed by atoms with Gasteiger partial charge in [-0.25, -0.2) is 4.79 Å². The molecule has 0 unspecified atom stereocenters. The van der Waals surface area contributed by atoms with Crippen molar-refractivity contribution >= 4 is 34.8 Å². The molecule has 8 heteroatoms. The van der Waals surface area contributed by atoms with Crippen LogP contribution in [0.2, 0.25) is 0 Å². The summed E-state index contributed by atoms with van der Waals surface area (Å²) in [5.74, 6) is 0.00116. The van der Waals surface area contributed by atoms with E-state index < -0.39 is 5.97 Å². The van der Waals surface area contributed by atoms with Crippen LogP contribution >= 0.6 is 11.8 Å². The lowest BCUT2D eigenvalue weighted by atomic mass is 10.0. The summed E-state index contributed by atoms with van der Waals surface area (Å²) in [7, 11) is 1.54. The van der Waals surface area contributed by atoms with Gasteiger partial charge < -0.3 is 9.47 Å².